The summed E-state index contributed by atoms with van der Waals surface area (Å²) in [6, 6.07) is 17.2. The Labute approximate surface area is 203 Å². The number of rotatable bonds is 6. The number of benzene rings is 2. The fourth-order valence-electron chi connectivity index (χ4n) is 5.63. The minimum atomic E-state index is 0.130. The van der Waals surface area contributed by atoms with Crippen LogP contribution in [0.25, 0.3) is 0 Å². The molecule has 2 amide bonds. The van der Waals surface area contributed by atoms with E-state index in [0.29, 0.717) is 0 Å². The molecule has 0 aromatic heterocycles. The lowest BCUT2D eigenvalue weighted by atomic mass is 10.0. The van der Waals surface area contributed by atoms with Crippen LogP contribution in [0.4, 0.5) is 10.5 Å². The van der Waals surface area contributed by atoms with Gasteiger partial charge in [0.2, 0.25) is 0 Å². The van der Waals surface area contributed by atoms with Gasteiger partial charge in [0.15, 0.2) is 11.5 Å². The van der Waals surface area contributed by atoms with Crippen LogP contribution in [0.5, 0.6) is 11.5 Å². The molecule has 2 aromatic rings. The molecule has 0 unspecified atom stereocenters. The molecule has 2 saturated heterocycles. The van der Waals surface area contributed by atoms with Crippen molar-refractivity contribution >= 4 is 11.7 Å². The number of urea groups is 1. The number of nitrogens with zero attached hydrogens (tertiary/aromatic N) is 3. The van der Waals surface area contributed by atoms with E-state index in [1.165, 1.54) is 18.4 Å². The first-order valence-corrected chi connectivity index (χ1v) is 12.9. The molecule has 0 N–H and O–H groups in total. The molecular weight excluding hydrogens is 426 g/mol. The maximum Gasteiger partial charge on any atom is 0.320 e. The van der Waals surface area contributed by atoms with Crippen molar-refractivity contribution in [2.75, 3.05) is 44.7 Å². The van der Waals surface area contributed by atoms with Gasteiger partial charge in [-0.25, -0.2) is 4.79 Å². The van der Waals surface area contributed by atoms with Gasteiger partial charge in [0.25, 0.3) is 0 Å². The molecule has 0 bridgehead atoms. The quantitative estimate of drug-likeness (QED) is 0.607. The molecule has 1 aliphatic carbocycles. The highest BCUT2D eigenvalue weighted by Gasteiger charge is 2.34. The summed E-state index contributed by atoms with van der Waals surface area (Å²) in [4.78, 5) is 19.9. The standard InChI is InChI=1S/C28H37N3O3/c1-33-26-14-13-23(20-27(26)34-25-11-5-6-12-25)30-17-18-31(28(32)29-15-7-8-16-29)24(21-30)19-22-9-3-2-4-10-22/h2-4,9-10,13-14,20,24-25H,5-8,11-12,15-19,21H2,1H3/t24-/m0/s1. The highest BCUT2D eigenvalue weighted by atomic mass is 16.5. The number of anilines is 1. The van der Waals surface area contributed by atoms with E-state index in [1.807, 2.05) is 17.0 Å². The summed E-state index contributed by atoms with van der Waals surface area (Å²) in [5.41, 5.74) is 2.41. The highest BCUT2D eigenvalue weighted by molar-refractivity contribution is 5.75. The summed E-state index contributed by atoms with van der Waals surface area (Å²) in [7, 11) is 1.70. The van der Waals surface area contributed by atoms with Gasteiger partial charge >= 0.3 is 6.03 Å². The Hall–Kier alpha value is -2.89. The third-order valence-corrected chi connectivity index (χ3v) is 7.53. The van der Waals surface area contributed by atoms with E-state index in [1.54, 1.807) is 7.11 Å². The smallest absolute Gasteiger partial charge is 0.320 e. The van der Waals surface area contributed by atoms with Crippen LogP contribution in [0.15, 0.2) is 48.5 Å². The lowest BCUT2D eigenvalue weighted by Gasteiger charge is -2.44. The molecule has 1 atom stereocenters. The Morgan fingerprint density at radius 3 is 2.41 bits per heavy atom. The number of piperazine rings is 1. The fraction of sp³-hybridized carbons (Fsp3) is 0.536. The predicted octanol–water partition coefficient (Wildman–Crippen LogP) is 4.97. The average molecular weight is 464 g/mol. The monoisotopic (exact) mass is 463 g/mol. The summed E-state index contributed by atoms with van der Waals surface area (Å²) in [6.07, 6.45) is 8.08. The van der Waals surface area contributed by atoms with E-state index in [0.717, 1.165) is 82.0 Å². The molecular formula is C28H37N3O3. The summed E-state index contributed by atoms with van der Waals surface area (Å²) < 4.78 is 12.0. The summed E-state index contributed by atoms with van der Waals surface area (Å²) in [6.45, 7) is 4.14. The van der Waals surface area contributed by atoms with Gasteiger partial charge in [0.1, 0.15) is 0 Å². The minimum Gasteiger partial charge on any atom is -0.493 e. The average Bonchev–Trinajstić information content (AvgIpc) is 3.59. The van der Waals surface area contributed by atoms with E-state index in [-0.39, 0.29) is 18.2 Å². The lowest BCUT2D eigenvalue weighted by Crippen LogP contribution is -2.58. The number of ether oxygens (including phenoxy) is 2. The molecule has 0 radical (unpaired) electrons. The number of amides is 2. The van der Waals surface area contributed by atoms with E-state index in [2.05, 4.69) is 46.2 Å². The van der Waals surface area contributed by atoms with Crippen molar-refractivity contribution in [2.24, 2.45) is 0 Å². The van der Waals surface area contributed by atoms with Crippen LogP contribution in [0, 0.1) is 0 Å². The van der Waals surface area contributed by atoms with Crippen molar-refractivity contribution in [3.05, 3.63) is 54.1 Å². The number of hydrogen-bond donors (Lipinski definition) is 0. The molecule has 0 spiro atoms. The molecule has 2 aromatic carbocycles. The van der Waals surface area contributed by atoms with Crippen LogP contribution in [0.1, 0.15) is 44.1 Å². The molecule has 2 aliphatic heterocycles. The second-order valence-electron chi connectivity index (χ2n) is 9.82. The molecule has 2 heterocycles. The van der Waals surface area contributed by atoms with Crippen LogP contribution in [0.3, 0.4) is 0 Å². The van der Waals surface area contributed by atoms with Crippen LogP contribution in [-0.2, 0) is 6.42 Å². The van der Waals surface area contributed by atoms with Gasteiger partial charge in [-0.2, -0.15) is 0 Å². The molecule has 182 valence electrons. The van der Waals surface area contributed by atoms with Gasteiger partial charge < -0.3 is 24.2 Å². The van der Waals surface area contributed by atoms with Crippen molar-refractivity contribution in [1.82, 2.24) is 9.80 Å². The summed E-state index contributed by atoms with van der Waals surface area (Å²) >= 11 is 0. The first-order chi connectivity index (χ1) is 16.7. The van der Waals surface area contributed by atoms with Gasteiger partial charge in [-0.1, -0.05) is 30.3 Å². The predicted molar refractivity (Wildman–Crippen MR) is 135 cm³/mol. The van der Waals surface area contributed by atoms with E-state index >= 15 is 0 Å². The number of methoxy groups -OCH3 is 1. The van der Waals surface area contributed by atoms with E-state index < -0.39 is 0 Å². The zero-order valence-corrected chi connectivity index (χ0v) is 20.3. The molecule has 3 fully saturated rings. The Morgan fingerprint density at radius 2 is 1.68 bits per heavy atom. The maximum atomic E-state index is 13.4. The van der Waals surface area contributed by atoms with E-state index in [9.17, 15) is 4.79 Å². The molecule has 1 saturated carbocycles. The second-order valence-corrected chi connectivity index (χ2v) is 9.82. The molecule has 3 aliphatic rings. The van der Waals surface area contributed by atoms with Crippen LogP contribution < -0.4 is 14.4 Å². The van der Waals surface area contributed by atoms with Crippen LogP contribution in [-0.4, -0.2) is 67.8 Å². The van der Waals surface area contributed by atoms with Crippen molar-refractivity contribution in [3.63, 3.8) is 0 Å². The number of carbonyl (C=O) groups excluding carboxylic acids is 1. The van der Waals surface area contributed by atoms with Crippen molar-refractivity contribution in [2.45, 2.75) is 57.1 Å². The van der Waals surface area contributed by atoms with E-state index in [4.69, 9.17) is 9.47 Å². The van der Waals surface area contributed by atoms with Gasteiger partial charge in [0.05, 0.1) is 19.3 Å². The third-order valence-electron chi connectivity index (χ3n) is 7.53. The normalized spacial score (nSPS) is 21.2. The minimum absolute atomic E-state index is 0.130. The van der Waals surface area contributed by atoms with Gasteiger partial charge in [-0.05, 0) is 62.6 Å². The molecule has 34 heavy (non-hydrogen) atoms. The SMILES string of the molecule is COc1ccc(N2CCN(C(=O)N3CCCC3)[C@@H](Cc3ccccc3)C2)cc1OC1CCCC1. The summed E-state index contributed by atoms with van der Waals surface area (Å²) in [5.74, 6) is 1.63. The zero-order valence-electron chi connectivity index (χ0n) is 20.3. The second kappa shape index (κ2) is 10.6. The van der Waals surface area contributed by atoms with Crippen molar-refractivity contribution in [1.29, 1.82) is 0 Å². The fourth-order valence-corrected chi connectivity index (χ4v) is 5.63. The maximum absolute atomic E-state index is 13.4. The van der Waals surface area contributed by atoms with Crippen molar-refractivity contribution in [3.8, 4) is 11.5 Å². The number of likely N-dealkylation sites (tertiary alicyclic amines) is 1. The number of carbonyl (C=O) groups is 1. The topological polar surface area (TPSA) is 45.2 Å². The van der Waals surface area contributed by atoms with Crippen LogP contribution in [0.2, 0.25) is 0 Å². The Bertz CT molecular complexity index is 955. The molecule has 5 rings (SSSR count). The Kier molecular flexibility index (Phi) is 7.12. The van der Waals surface area contributed by atoms with Gasteiger partial charge in [0, 0.05) is 44.5 Å². The first-order valence-electron chi connectivity index (χ1n) is 12.9. The zero-order chi connectivity index (χ0) is 23.3. The highest BCUT2D eigenvalue weighted by Crippen LogP contribution is 2.36. The van der Waals surface area contributed by atoms with Crippen molar-refractivity contribution < 1.29 is 14.3 Å². The number of hydrogen-bond acceptors (Lipinski definition) is 4. The van der Waals surface area contributed by atoms with Crippen LogP contribution >= 0.6 is 0 Å². The van der Waals surface area contributed by atoms with Gasteiger partial charge in [-0.15, -0.1) is 0 Å². The largest absolute Gasteiger partial charge is 0.493 e. The first kappa shape index (κ1) is 22.9. The Morgan fingerprint density at radius 1 is 0.912 bits per heavy atom. The summed E-state index contributed by atoms with van der Waals surface area (Å²) in [5, 5.41) is 0. The third kappa shape index (κ3) is 5.11. The van der Waals surface area contributed by atoms with Gasteiger partial charge in [-0.3, -0.25) is 0 Å². The Balaban J connectivity index is 1.36. The molecule has 6 nitrogen and oxygen atoms in total. The molecule has 6 heteroatoms. The lowest BCUT2D eigenvalue weighted by molar-refractivity contribution is 0.134.